The van der Waals surface area contributed by atoms with Crippen molar-refractivity contribution in [1.82, 2.24) is 0 Å². The zero-order chi connectivity index (χ0) is 5.82. The quantitative estimate of drug-likeness (QED) is 0.485. The average Bonchev–Trinajstić information content (AvgIpc) is 1.63. The normalized spacial score (nSPS) is 20.6. The van der Waals surface area contributed by atoms with Crippen LogP contribution >= 0.6 is 0 Å². The van der Waals surface area contributed by atoms with E-state index < -0.39 is 0 Å². The molecule has 2 nitrogen and oxygen atoms in total. The molecule has 0 aromatic rings. The second-order valence-corrected chi connectivity index (χ2v) is 2.49. The van der Waals surface area contributed by atoms with Crippen LogP contribution in [0.2, 0.25) is 0 Å². The lowest BCUT2D eigenvalue weighted by Gasteiger charge is -2.21. The molecule has 1 saturated heterocycles. The second kappa shape index (κ2) is 3.05. The molecule has 1 rings (SSSR count). The molecule has 48 valence electrons. The third-order valence-electron chi connectivity index (χ3n) is 1.77. The highest BCUT2D eigenvalue weighted by Gasteiger charge is 2.19. The van der Waals surface area contributed by atoms with Gasteiger partial charge in [-0.2, -0.15) is 0 Å². The van der Waals surface area contributed by atoms with Gasteiger partial charge in [0.2, 0.25) is 0 Å². The van der Waals surface area contributed by atoms with E-state index in [1.165, 1.54) is 19.5 Å². The summed E-state index contributed by atoms with van der Waals surface area (Å²) in [4.78, 5) is 0. The van der Waals surface area contributed by atoms with Gasteiger partial charge >= 0.3 is 0 Å². The van der Waals surface area contributed by atoms with E-state index in [-0.39, 0.29) is 0 Å². The van der Waals surface area contributed by atoms with Gasteiger partial charge in [0.25, 0.3) is 0 Å². The molecule has 0 radical (unpaired) electrons. The zero-order valence-corrected chi connectivity index (χ0v) is 5.14. The van der Waals surface area contributed by atoms with Crippen LogP contribution in [0.1, 0.15) is 12.8 Å². The molecule has 0 amide bonds. The van der Waals surface area contributed by atoms with Crippen LogP contribution < -0.4 is 5.32 Å². The van der Waals surface area contributed by atoms with Gasteiger partial charge in [-0.1, -0.05) is 0 Å². The molecule has 0 saturated carbocycles. The molecule has 0 aliphatic carbocycles. The monoisotopic (exact) mass is 116 g/mol. The Morgan fingerprint density at radius 3 is 2.62 bits per heavy atom. The highest BCUT2D eigenvalue weighted by molar-refractivity contribution is 4.59. The Labute approximate surface area is 49.9 Å². The molecule has 0 aromatic heterocycles. The fourth-order valence-corrected chi connectivity index (χ4v) is 1.02. The summed E-state index contributed by atoms with van der Waals surface area (Å²) in [6.07, 6.45) is 2.23. The number of aliphatic hydroxyl groups excluding tert-OH is 1. The van der Waals surface area contributed by atoms with Crippen LogP contribution in [0.4, 0.5) is 0 Å². The predicted octanol–water partition coefficient (Wildman–Crippen LogP) is -1.05. The van der Waals surface area contributed by atoms with E-state index in [1.807, 2.05) is 0 Å². The summed E-state index contributed by atoms with van der Waals surface area (Å²) in [5, 5.41) is 10.7. The third kappa shape index (κ3) is 1.46. The molecule has 1 aliphatic heterocycles. The molecule has 1 heterocycles. The van der Waals surface area contributed by atoms with E-state index in [1.54, 1.807) is 0 Å². The van der Waals surface area contributed by atoms with E-state index in [0.29, 0.717) is 6.61 Å². The summed E-state index contributed by atoms with van der Waals surface area (Å²) < 4.78 is 0. The molecule has 0 atom stereocenters. The number of hydrogen-bond donors (Lipinski definition) is 2. The van der Waals surface area contributed by atoms with Gasteiger partial charge in [-0.05, 0) is 12.8 Å². The van der Waals surface area contributed by atoms with Crippen molar-refractivity contribution in [3.63, 3.8) is 0 Å². The molecule has 1 aliphatic rings. The minimum atomic E-state index is 0.372. The summed E-state index contributed by atoms with van der Waals surface area (Å²) in [5.74, 6) is 0.919. The van der Waals surface area contributed by atoms with Gasteiger partial charge in [-0.25, -0.2) is 0 Å². The second-order valence-electron chi connectivity index (χ2n) is 2.49. The lowest BCUT2D eigenvalue weighted by atomic mass is 9.98. The maximum Gasteiger partial charge on any atom is 0.0838 e. The highest BCUT2D eigenvalue weighted by Crippen LogP contribution is 2.04. The Kier molecular flexibility index (Phi) is 2.30. The number of aliphatic hydroxyl groups is 1. The zero-order valence-electron chi connectivity index (χ0n) is 5.14. The van der Waals surface area contributed by atoms with Crippen molar-refractivity contribution in [3.05, 3.63) is 0 Å². The predicted molar refractivity (Wildman–Crippen MR) is 31.5 cm³/mol. The van der Waals surface area contributed by atoms with Crippen LogP contribution in [0.3, 0.4) is 0 Å². The third-order valence-corrected chi connectivity index (χ3v) is 1.77. The molecular weight excluding hydrogens is 102 g/mol. The van der Waals surface area contributed by atoms with E-state index in [4.69, 9.17) is 5.11 Å². The lowest BCUT2D eigenvalue weighted by Crippen LogP contribution is -2.96. The Balaban J connectivity index is 1.86. The van der Waals surface area contributed by atoms with Crippen molar-refractivity contribution < 1.29 is 10.4 Å². The van der Waals surface area contributed by atoms with Gasteiger partial charge in [0.1, 0.15) is 0 Å². The van der Waals surface area contributed by atoms with Gasteiger partial charge in [-0.3, -0.25) is 0 Å². The first kappa shape index (κ1) is 6.05. The number of hydrogen-bond acceptors (Lipinski definition) is 1. The number of nitrogens with two attached hydrogens (primary N) is 1. The van der Waals surface area contributed by atoms with Crippen molar-refractivity contribution in [1.29, 1.82) is 0 Å². The summed E-state index contributed by atoms with van der Waals surface area (Å²) in [7, 11) is 0. The standard InChI is InChI=1S/C6H13NO/c8-3-1-2-6-4-7-5-6/h6-8H,1-5H2/p+1. The molecule has 3 N–H and O–H groups in total. The van der Waals surface area contributed by atoms with E-state index in [2.05, 4.69) is 5.32 Å². The Bertz CT molecular complexity index is 61.5. The molecule has 0 bridgehead atoms. The Morgan fingerprint density at radius 2 is 2.25 bits per heavy atom. The van der Waals surface area contributed by atoms with Gasteiger partial charge in [0, 0.05) is 6.61 Å². The maximum atomic E-state index is 8.42. The fourth-order valence-electron chi connectivity index (χ4n) is 1.02. The lowest BCUT2D eigenvalue weighted by molar-refractivity contribution is -0.723. The van der Waals surface area contributed by atoms with Crippen molar-refractivity contribution >= 4 is 0 Å². The van der Waals surface area contributed by atoms with E-state index >= 15 is 0 Å². The first-order valence-electron chi connectivity index (χ1n) is 3.36. The van der Waals surface area contributed by atoms with Gasteiger partial charge in [0.15, 0.2) is 0 Å². The first-order valence-corrected chi connectivity index (χ1v) is 3.36. The molecule has 2 heteroatoms. The van der Waals surface area contributed by atoms with Crippen LogP contribution in [-0.4, -0.2) is 24.8 Å². The highest BCUT2D eigenvalue weighted by atomic mass is 16.2. The van der Waals surface area contributed by atoms with E-state index in [9.17, 15) is 0 Å². The average molecular weight is 116 g/mol. The largest absolute Gasteiger partial charge is 0.396 e. The van der Waals surface area contributed by atoms with E-state index in [0.717, 1.165) is 12.3 Å². The summed E-state index contributed by atoms with van der Waals surface area (Å²) in [6.45, 7) is 2.95. The smallest absolute Gasteiger partial charge is 0.0838 e. The summed E-state index contributed by atoms with van der Waals surface area (Å²) >= 11 is 0. The maximum absolute atomic E-state index is 8.42. The number of rotatable bonds is 3. The van der Waals surface area contributed by atoms with Crippen molar-refractivity contribution in [3.8, 4) is 0 Å². The van der Waals surface area contributed by atoms with Crippen LogP contribution in [0.5, 0.6) is 0 Å². The van der Waals surface area contributed by atoms with Crippen LogP contribution in [-0.2, 0) is 0 Å². The molecular formula is C6H14NO+. The SMILES string of the molecule is OCCCC1C[NH2+]C1. The summed E-state index contributed by atoms with van der Waals surface area (Å²) in [5.41, 5.74) is 0. The van der Waals surface area contributed by atoms with Crippen LogP contribution in [0.15, 0.2) is 0 Å². The topological polar surface area (TPSA) is 36.8 Å². The molecule has 1 fully saturated rings. The molecule has 0 unspecified atom stereocenters. The summed E-state index contributed by atoms with van der Waals surface area (Å²) in [6, 6.07) is 0. The van der Waals surface area contributed by atoms with Crippen molar-refractivity contribution in [2.45, 2.75) is 12.8 Å². The fraction of sp³-hybridized carbons (Fsp3) is 1.00. The van der Waals surface area contributed by atoms with Gasteiger partial charge < -0.3 is 10.4 Å². The van der Waals surface area contributed by atoms with Crippen molar-refractivity contribution in [2.24, 2.45) is 5.92 Å². The minimum absolute atomic E-state index is 0.372. The van der Waals surface area contributed by atoms with Crippen molar-refractivity contribution in [2.75, 3.05) is 19.7 Å². The molecule has 0 spiro atoms. The Hall–Kier alpha value is -0.0800. The first-order chi connectivity index (χ1) is 3.93. The number of quaternary nitrogens is 1. The molecule has 8 heavy (non-hydrogen) atoms. The Morgan fingerprint density at radius 1 is 1.50 bits per heavy atom. The van der Waals surface area contributed by atoms with Crippen LogP contribution in [0, 0.1) is 5.92 Å². The minimum Gasteiger partial charge on any atom is -0.396 e. The van der Waals surface area contributed by atoms with Crippen LogP contribution in [0.25, 0.3) is 0 Å². The van der Waals surface area contributed by atoms with Gasteiger partial charge in [-0.15, -0.1) is 0 Å². The van der Waals surface area contributed by atoms with Gasteiger partial charge in [0.05, 0.1) is 19.0 Å². The molecule has 0 aromatic carbocycles.